The zero-order chi connectivity index (χ0) is 13.5. The van der Waals surface area contributed by atoms with E-state index in [1.54, 1.807) is 0 Å². The molecule has 1 aromatic carbocycles. The molecule has 0 aromatic heterocycles. The maximum absolute atomic E-state index is 13.6. The molecule has 0 saturated carbocycles. The predicted molar refractivity (Wildman–Crippen MR) is 71.9 cm³/mol. The minimum absolute atomic E-state index is 0.383. The SMILES string of the molecule is CCC(CC)N(CCCl)Cc1ccc(F)cc1F. The topological polar surface area (TPSA) is 3.24 Å². The van der Waals surface area contributed by atoms with E-state index in [-0.39, 0.29) is 0 Å². The summed E-state index contributed by atoms with van der Waals surface area (Å²) in [6, 6.07) is 4.12. The number of hydrogen-bond donors (Lipinski definition) is 0. The van der Waals surface area contributed by atoms with Crippen LogP contribution >= 0.6 is 11.6 Å². The number of halogens is 3. The molecule has 0 saturated heterocycles. The van der Waals surface area contributed by atoms with Gasteiger partial charge in [-0.3, -0.25) is 4.90 Å². The van der Waals surface area contributed by atoms with E-state index in [1.807, 2.05) is 0 Å². The van der Waals surface area contributed by atoms with E-state index in [9.17, 15) is 8.78 Å². The molecule has 0 aliphatic heterocycles. The molecular formula is C14H20ClF2N. The van der Waals surface area contributed by atoms with Crippen molar-refractivity contribution in [2.24, 2.45) is 0 Å². The highest BCUT2D eigenvalue weighted by Gasteiger charge is 2.16. The van der Waals surface area contributed by atoms with Gasteiger partial charge in [-0.05, 0) is 18.9 Å². The van der Waals surface area contributed by atoms with Crippen LogP contribution in [0.25, 0.3) is 0 Å². The van der Waals surface area contributed by atoms with E-state index in [0.29, 0.717) is 30.6 Å². The lowest BCUT2D eigenvalue weighted by atomic mass is 10.1. The van der Waals surface area contributed by atoms with Crippen molar-refractivity contribution in [1.29, 1.82) is 0 Å². The maximum atomic E-state index is 13.6. The first-order valence-corrected chi connectivity index (χ1v) is 6.89. The summed E-state index contributed by atoms with van der Waals surface area (Å²) in [5.41, 5.74) is 0.522. The first kappa shape index (κ1) is 15.4. The van der Waals surface area contributed by atoms with E-state index in [4.69, 9.17) is 11.6 Å². The molecule has 0 fully saturated rings. The second kappa shape index (κ2) is 7.70. The van der Waals surface area contributed by atoms with Gasteiger partial charge >= 0.3 is 0 Å². The summed E-state index contributed by atoms with van der Waals surface area (Å²) in [5, 5.41) is 0. The Morgan fingerprint density at radius 2 is 1.89 bits per heavy atom. The molecule has 0 unspecified atom stereocenters. The van der Waals surface area contributed by atoms with Crippen molar-refractivity contribution < 1.29 is 8.78 Å². The molecule has 0 N–H and O–H groups in total. The molecule has 1 rings (SSSR count). The molecule has 102 valence electrons. The normalized spacial score (nSPS) is 11.5. The van der Waals surface area contributed by atoms with Crippen molar-refractivity contribution in [2.75, 3.05) is 12.4 Å². The zero-order valence-corrected chi connectivity index (χ0v) is 11.7. The molecule has 4 heteroatoms. The Morgan fingerprint density at radius 3 is 2.39 bits per heavy atom. The third-order valence-corrected chi connectivity index (χ3v) is 3.39. The quantitative estimate of drug-likeness (QED) is 0.674. The van der Waals surface area contributed by atoms with Gasteiger partial charge in [0.25, 0.3) is 0 Å². The molecule has 0 aliphatic rings. The van der Waals surface area contributed by atoms with E-state index < -0.39 is 11.6 Å². The second-order valence-corrected chi connectivity index (χ2v) is 4.74. The minimum atomic E-state index is -0.539. The number of benzene rings is 1. The van der Waals surface area contributed by atoms with Gasteiger partial charge < -0.3 is 0 Å². The van der Waals surface area contributed by atoms with Crippen molar-refractivity contribution in [1.82, 2.24) is 4.90 Å². The Kier molecular flexibility index (Phi) is 6.58. The summed E-state index contributed by atoms with van der Waals surface area (Å²) >= 11 is 5.79. The van der Waals surface area contributed by atoms with Gasteiger partial charge in [0, 0.05) is 36.6 Å². The van der Waals surface area contributed by atoms with Crippen LogP contribution in [0.2, 0.25) is 0 Å². The Labute approximate surface area is 113 Å². The molecule has 0 atom stereocenters. The van der Waals surface area contributed by atoms with Crippen LogP contribution in [0.1, 0.15) is 32.3 Å². The van der Waals surface area contributed by atoms with Gasteiger partial charge in [0.2, 0.25) is 0 Å². The fourth-order valence-electron chi connectivity index (χ4n) is 2.17. The summed E-state index contributed by atoms with van der Waals surface area (Å²) in [7, 11) is 0. The van der Waals surface area contributed by atoms with Crippen molar-refractivity contribution in [3.05, 3.63) is 35.4 Å². The average molecular weight is 276 g/mol. The first-order valence-electron chi connectivity index (χ1n) is 6.36. The number of nitrogens with zero attached hydrogens (tertiary/aromatic N) is 1. The highest BCUT2D eigenvalue weighted by molar-refractivity contribution is 6.18. The Bertz CT molecular complexity index is 367. The van der Waals surface area contributed by atoms with Gasteiger partial charge in [0.05, 0.1) is 0 Å². The summed E-state index contributed by atoms with van der Waals surface area (Å²) < 4.78 is 26.5. The minimum Gasteiger partial charge on any atom is -0.295 e. The van der Waals surface area contributed by atoms with Crippen LogP contribution in [0, 0.1) is 11.6 Å². The molecule has 18 heavy (non-hydrogen) atoms. The van der Waals surface area contributed by atoms with Gasteiger partial charge in [-0.2, -0.15) is 0 Å². The van der Waals surface area contributed by atoms with Gasteiger partial charge in [0.15, 0.2) is 0 Å². The molecule has 0 bridgehead atoms. The van der Waals surface area contributed by atoms with Crippen LogP contribution in [0.5, 0.6) is 0 Å². The van der Waals surface area contributed by atoms with Crippen molar-refractivity contribution in [3.8, 4) is 0 Å². The van der Waals surface area contributed by atoms with E-state index in [2.05, 4.69) is 18.7 Å². The predicted octanol–water partition coefficient (Wildman–Crippen LogP) is 4.19. The van der Waals surface area contributed by atoms with Gasteiger partial charge in [-0.25, -0.2) is 8.78 Å². The third kappa shape index (κ3) is 4.21. The highest BCUT2D eigenvalue weighted by Crippen LogP contribution is 2.16. The molecule has 0 radical (unpaired) electrons. The van der Waals surface area contributed by atoms with Crippen molar-refractivity contribution >= 4 is 11.6 Å². The van der Waals surface area contributed by atoms with Crippen LogP contribution < -0.4 is 0 Å². The molecular weight excluding hydrogens is 256 g/mol. The summed E-state index contributed by atoms with van der Waals surface area (Å²) in [5.74, 6) is -0.512. The van der Waals surface area contributed by atoms with Gasteiger partial charge in [0.1, 0.15) is 11.6 Å². The fourth-order valence-corrected chi connectivity index (χ4v) is 2.39. The first-order chi connectivity index (χ1) is 8.62. The molecule has 0 spiro atoms. The fraction of sp³-hybridized carbons (Fsp3) is 0.571. The van der Waals surface area contributed by atoms with Crippen molar-refractivity contribution in [2.45, 2.75) is 39.3 Å². The van der Waals surface area contributed by atoms with Crippen LogP contribution in [0.3, 0.4) is 0 Å². The Hall–Kier alpha value is -0.670. The molecule has 0 heterocycles. The average Bonchev–Trinajstić information content (AvgIpc) is 2.34. The summed E-state index contributed by atoms with van der Waals surface area (Å²) in [6.07, 6.45) is 1.99. The lowest BCUT2D eigenvalue weighted by Crippen LogP contribution is -2.35. The standard InChI is InChI=1S/C14H20ClF2N/c1-3-13(4-2)18(8-7-15)10-11-5-6-12(16)9-14(11)17/h5-6,9,13H,3-4,7-8,10H2,1-2H3. The Morgan fingerprint density at radius 1 is 1.22 bits per heavy atom. The largest absolute Gasteiger partial charge is 0.295 e. The zero-order valence-electron chi connectivity index (χ0n) is 10.9. The lowest BCUT2D eigenvalue weighted by Gasteiger charge is -2.30. The molecule has 1 aromatic rings. The van der Waals surface area contributed by atoms with Crippen LogP contribution in [-0.4, -0.2) is 23.4 Å². The van der Waals surface area contributed by atoms with Crippen molar-refractivity contribution in [3.63, 3.8) is 0 Å². The maximum Gasteiger partial charge on any atom is 0.130 e. The second-order valence-electron chi connectivity index (χ2n) is 4.37. The van der Waals surface area contributed by atoms with E-state index in [0.717, 1.165) is 18.9 Å². The third-order valence-electron chi connectivity index (χ3n) is 3.22. The number of alkyl halides is 1. The number of rotatable bonds is 7. The highest BCUT2D eigenvalue weighted by atomic mass is 35.5. The smallest absolute Gasteiger partial charge is 0.130 e. The summed E-state index contributed by atoms with van der Waals surface area (Å²) in [4.78, 5) is 2.16. The van der Waals surface area contributed by atoms with E-state index in [1.165, 1.54) is 12.1 Å². The Balaban J connectivity index is 2.82. The van der Waals surface area contributed by atoms with Crippen LogP contribution in [0.15, 0.2) is 18.2 Å². The van der Waals surface area contributed by atoms with Crippen LogP contribution in [-0.2, 0) is 6.54 Å². The van der Waals surface area contributed by atoms with Crippen LogP contribution in [0.4, 0.5) is 8.78 Å². The number of hydrogen-bond acceptors (Lipinski definition) is 1. The van der Waals surface area contributed by atoms with Gasteiger partial charge in [-0.1, -0.05) is 19.9 Å². The molecule has 0 aliphatic carbocycles. The molecule has 1 nitrogen and oxygen atoms in total. The summed E-state index contributed by atoms with van der Waals surface area (Å²) in [6.45, 7) is 5.41. The lowest BCUT2D eigenvalue weighted by molar-refractivity contribution is 0.186. The molecule has 0 amide bonds. The van der Waals surface area contributed by atoms with Gasteiger partial charge in [-0.15, -0.1) is 11.6 Å². The monoisotopic (exact) mass is 275 g/mol. The van der Waals surface area contributed by atoms with E-state index >= 15 is 0 Å².